The van der Waals surface area contributed by atoms with E-state index in [-0.39, 0.29) is 18.2 Å². The zero-order valence-corrected chi connectivity index (χ0v) is 11.1. The number of hydrogen-bond donors (Lipinski definition) is 2. The maximum atomic E-state index is 12.0. The summed E-state index contributed by atoms with van der Waals surface area (Å²) >= 11 is 0. The molecule has 19 heavy (non-hydrogen) atoms. The maximum Gasteiger partial charge on any atom is 0.326 e. The van der Waals surface area contributed by atoms with Crippen molar-refractivity contribution in [1.82, 2.24) is 10.2 Å². The topological polar surface area (TPSA) is 86.7 Å². The van der Waals surface area contributed by atoms with E-state index in [9.17, 15) is 14.4 Å². The minimum absolute atomic E-state index is 0.0185. The first kappa shape index (κ1) is 13.8. The lowest BCUT2D eigenvalue weighted by molar-refractivity contribution is -0.142. The first-order chi connectivity index (χ1) is 9.02. The first-order valence-electron chi connectivity index (χ1n) is 6.85. The number of rotatable bonds is 6. The lowest BCUT2D eigenvalue weighted by Crippen LogP contribution is -2.44. The van der Waals surface area contributed by atoms with Crippen molar-refractivity contribution in [3.05, 3.63) is 0 Å². The van der Waals surface area contributed by atoms with E-state index in [1.54, 1.807) is 4.90 Å². The summed E-state index contributed by atoms with van der Waals surface area (Å²) in [5, 5.41) is 11.5. The highest BCUT2D eigenvalue weighted by Gasteiger charge is 2.42. The van der Waals surface area contributed by atoms with Crippen molar-refractivity contribution in [2.75, 3.05) is 6.54 Å². The average molecular weight is 268 g/mol. The summed E-state index contributed by atoms with van der Waals surface area (Å²) in [7, 11) is 0. The molecule has 0 bridgehead atoms. The van der Waals surface area contributed by atoms with Gasteiger partial charge in [0.05, 0.1) is 5.92 Å². The van der Waals surface area contributed by atoms with Crippen molar-refractivity contribution in [1.29, 1.82) is 0 Å². The van der Waals surface area contributed by atoms with Crippen molar-refractivity contribution in [2.45, 2.75) is 51.1 Å². The van der Waals surface area contributed by atoms with Crippen LogP contribution in [0.25, 0.3) is 0 Å². The van der Waals surface area contributed by atoms with Gasteiger partial charge in [0.2, 0.25) is 11.8 Å². The quantitative estimate of drug-likeness (QED) is 0.728. The molecule has 0 aromatic heterocycles. The predicted molar refractivity (Wildman–Crippen MR) is 67.3 cm³/mol. The molecule has 106 valence electrons. The molecular formula is C13H20N2O4. The van der Waals surface area contributed by atoms with Crippen LogP contribution in [0, 0.1) is 5.92 Å². The third kappa shape index (κ3) is 3.24. The van der Waals surface area contributed by atoms with Crippen molar-refractivity contribution in [2.24, 2.45) is 5.92 Å². The summed E-state index contributed by atoms with van der Waals surface area (Å²) in [5.41, 5.74) is 0. The molecule has 0 spiro atoms. The molecule has 2 amide bonds. The van der Waals surface area contributed by atoms with Gasteiger partial charge in [-0.2, -0.15) is 0 Å². The van der Waals surface area contributed by atoms with Crippen LogP contribution >= 0.6 is 0 Å². The van der Waals surface area contributed by atoms with Crippen LogP contribution in [0.2, 0.25) is 0 Å². The Morgan fingerprint density at radius 1 is 1.47 bits per heavy atom. The Morgan fingerprint density at radius 3 is 2.68 bits per heavy atom. The van der Waals surface area contributed by atoms with E-state index in [0.717, 1.165) is 12.8 Å². The lowest BCUT2D eigenvalue weighted by Gasteiger charge is -2.17. The van der Waals surface area contributed by atoms with Crippen molar-refractivity contribution in [3.63, 3.8) is 0 Å². The smallest absolute Gasteiger partial charge is 0.326 e. The standard InChI is InChI=1S/C13H20N2O4/c1-2-3-10(13(18)19)14-12(17)8-6-11(16)15(7-8)9-4-5-9/h8-10H,2-7H2,1H3,(H,14,17)(H,18,19)/t8?,10-/m1/s1. The molecule has 1 aliphatic heterocycles. The minimum atomic E-state index is -1.02. The summed E-state index contributed by atoms with van der Waals surface area (Å²) in [6, 6.07) is -0.529. The Kier molecular flexibility index (Phi) is 4.07. The predicted octanol–water partition coefficient (Wildman–Crippen LogP) is 0.367. The zero-order chi connectivity index (χ0) is 14.0. The molecule has 0 radical (unpaired) electrons. The zero-order valence-electron chi connectivity index (χ0n) is 11.1. The van der Waals surface area contributed by atoms with Crippen LogP contribution in [0.1, 0.15) is 39.0 Å². The highest BCUT2D eigenvalue weighted by atomic mass is 16.4. The van der Waals surface area contributed by atoms with Crippen LogP contribution in [0.4, 0.5) is 0 Å². The van der Waals surface area contributed by atoms with E-state index in [2.05, 4.69) is 5.32 Å². The van der Waals surface area contributed by atoms with Gasteiger partial charge < -0.3 is 15.3 Å². The third-order valence-electron chi connectivity index (χ3n) is 3.71. The molecule has 0 aromatic rings. The van der Waals surface area contributed by atoms with Gasteiger partial charge in [0.1, 0.15) is 6.04 Å². The SMILES string of the molecule is CCC[C@@H](NC(=O)C1CC(=O)N(C2CC2)C1)C(=O)O. The molecule has 6 nitrogen and oxygen atoms in total. The van der Waals surface area contributed by atoms with Crippen LogP contribution in [-0.2, 0) is 14.4 Å². The van der Waals surface area contributed by atoms with Gasteiger partial charge in [-0.1, -0.05) is 13.3 Å². The van der Waals surface area contributed by atoms with Gasteiger partial charge >= 0.3 is 5.97 Å². The lowest BCUT2D eigenvalue weighted by atomic mass is 10.1. The molecule has 2 rings (SSSR count). The van der Waals surface area contributed by atoms with E-state index in [0.29, 0.717) is 25.4 Å². The summed E-state index contributed by atoms with van der Waals surface area (Å²) in [5.74, 6) is -1.70. The number of nitrogens with one attached hydrogen (secondary N) is 1. The van der Waals surface area contributed by atoms with Gasteiger partial charge in [-0.15, -0.1) is 0 Å². The number of likely N-dealkylation sites (tertiary alicyclic amines) is 1. The van der Waals surface area contributed by atoms with Crippen LogP contribution in [0.5, 0.6) is 0 Å². The molecule has 1 aliphatic carbocycles. The van der Waals surface area contributed by atoms with E-state index >= 15 is 0 Å². The second-order valence-corrected chi connectivity index (χ2v) is 5.37. The Hall–Kier alpha value is -1.59. The number of aliphatic carboxylic acids is 1. The largest absolute Gasteiger partial charge is 0.480 e. The number of carboxylic acid groups (broad SMARTS) is 1. The number of carboxylic acids is 1. The molecule has 2 N–H and O–H groups in total. The van der Waals surface area contributed by atoms with Gasteiger partial charge in [-0.05, 0) is 19.3 Å². The van der Waals surface area contributed by atoms with E-state index in [1.165, 1.54) is 0 Å². The van der Waals surface area contributed by atoms with E-state index < -0.39 is 17.9 Å². The summed E-state index contributed by atoms with van der Waals surface area (Å²) in [6.45, 7) is 2.31. The highest BCUT2D eigenvalue weighted by Crippen LogP contribution is 2.32. The van der Waals surface area contributed by atoms with E-state index in [4.69, 9.17) is 5.11 Å². The number of nitrogens with zero attached hydrogens (tertiary/aromatic N) is 1. The molecule has 2 atom stereocenters. The van der Waals surface area contributed by atoms with Gasteiger partial charge in [0.25, 0.3) is 0 Å². The first-order valence-corrected chi connectivity index (χ1v) is 6.85. The van der Waals surface area contributed by atoms with Crippen LogP contribution in [0.3, 0.4) is 0 Å². The Labute approximate surface area is 112 Å². The molecule has 1 unspecified atom stereocenters. The van der Waals surface area contributed by atoms with Crippen molar-refractivity contribution < 1.29 is 19.5 Å². The fourth-order valence-electron chi connectivity index (χ4n) is 2.48. The second kappa shape index (κ2) is 5.59. The highest BCUT2D eigenvalue weighted by molar-refractivity contribution is 5.91. The van der Waals surface area contributed by atoms with Gasteiger partial charge in [-0.3, -0.25) is 9.59 Å². The Bertz CT molecular complexity index is 392. The molecule has 2 aliphatic rings. The number of hydrogen-bond acceptors (Lipinski definition) is 3. The third-order valence-corrected chi connectivity index (χ3v) is 3.71. The monoisotopic (exact) mass is 268 g/mol. The van der Waals surface area contributed by atoms with Crippen molar-refractivity contribution in [3.8, 4) is 0 Å². The van der Waals surface area contributed by atoms with Crippen LogP contribution in [-0.4, -0.2) is 46.4 Å². The molecular weight excluding hydrogens is 248 g/mol. The Balaban J connectivity index is 1.89. The average Bonchev–Trinajstić information content (AvgIpc) is 3.11. The second-order valence-electron chi connectivity index (χ2n) is 5.37. The number of amides is 2. The van der Waals surface area contributed by atoms with Gasteiger partial charge in [0.15, 0.2) is 0 Å². The molecule has 1 saturated heterocycles. The Morgan fingerprint density at radius 2 is 2.16 bits per heavy atom. The van der Waals surface area contributed by atoms with Crippen LogP contribution < -0.4 is 5.32 Å². The van der Waals surface area contributed by atoms with Crippen LogP contribution in [0.15, 0.2) is 0 Å². The molecule has 0 aromatic carbocycles. The summed E-state index contributed by atoms with van der Waals surface area (Å²) in [6.07, 6.45) is 3.35. The summed E-state index contributed by atoms with van der Waals surface area (Å²) < 4.78 is 0. The van der Waals surface area contributed by atoms with Crippen molar-refractivity contribution >= 4 is 17.8 Å². The molecule has 1 saturated carbocycles. The fraction of sp³-hybridized carbons (Fsp3) is 0.769. The minimum Gasteiger partial charge on any atom is -0.480 e. The summed E-state index contributed by atoms with van der Waals surface area (Å²) in [4.78, 5) is 36.5. The molecule has 2 fully saturated rings. The maximum absolute atomic E-state index is 12.0. The molecule has 6 heteroatoms. The van der Waals surface area contributed by atoms with Gasteiger partial charge in [-0.25, -0.2) is 4.79 Å². The normalized spacial score (nSPS) is 24.4. The fourth-order valence-corrected chi connectivity index (χ4v) is 2.48. The van der Waals surface area contributed by atoms with Gasteiger partial charge in [0, 0.05) is 19.0 Å². The number of carbonyl (C=O) groups is 3. The molecule has 1 heterocycles. The number of carbonyl (C=O) groups excluding carboxylic acids is 2. The van der Waals surface area contributed by atoms with E-state index in [1.807, 2.05) is 6.92 Å².